The number of hydrogen-bond acceptors (Lipinski definition) is 6. The first-order valence-corrected chi connectivity index (χ1v) is 12.6. The van der Waals surface area contributed by atoms with Gasteiger partial charge >= 0.3 is 0 Å². The zero-order chi connectivity index (χ0) is 23.8. The molecule has 0 bridgehead atoms. The van der Waals surface area contributed by atoms with Gasteiger partial charge in [-0.2, -0.15) is 0 Å². The highest BCUT2D eigenvalue weighted by atomic mass is 32.2. The fourth-order valence-electron chi connectivity index (χ4n) is 4.52. The Labute approximate surface area is 194 Å². The number of piperidine rings is 1. The second-order valence-electron chi connectivity index (χ2n) is 8.82. The van der Waals surface area contributed by atoms with Crippen LogP contribution in [-0.2, 0) is 26.0 Å². The molecule has 178 valence electrons. The maximum atomic E-state index is 13.4. The Morgan fingerprint density at radius 1 is 1.24 bits per heavy atom. The van der Waals surface area contributed by atoms with E-state index in [2.05, 4.69) is 5.32 Å². The van der Waals surface area contributed by atoms with Crippen molar-refractivity contribution in [3.8, 4) is 0 Å². The number of hydrogen-bond donors (Lipinski definition) is 1. The van der Waals surface area contributed by atoms with E-state index in [1.165, 1.54) is 25.1 Å². The van der Waals surface area contributed by atoms with Crippen LogP contribution >= 0.6 is 0 Å². The molecule has 1 saturated heterocycles. The van der Waals surface area contributed by atoms with Crippen molar-refractivity contribution in [1.82, 2.24) is 9.62 Å². The Bertz CT molecular complexity index is 1130. The molecule has 0 unspecified atom stereocenters. The highest BCUT2D eigenvalue weighted by Gasteiger charge is 2.40. The number of rotatable bonds is 7. The molecule has 33 heavy (non-hydrogen) atoms. The number of nitrogens with zero attached hydrogens (tertiary/aromatic N) is 3. The Morgan fingerprint density at radius 2 is 2.03 bits per heavy atom. The fourth-order valence-corrected chi connectivity index (χ4v) is 5.44. The van der Waals surface area contributed by atoms with Crippen LogP contribution in [0.1, 0.15) is 31.9 Å². The maximum absolute atomic E-state index is 13.4. The average Bonchev–Trinajstić information content (AvgIpc) is 3.28. The Hall–Kier alpha value is -2.85. The lowest BCUT2D eigenvalue weighted by Gasteiger charge is -2.45. The van der Waals surface area contributed by atoms with Crippen LogP contribution in [-0.4, -0.2) is 63.8 Å². The maximum Gasteiger partial charge on any atom is 0.250 e. The van der Waals surface area contributed by atoms with Crippen LogP contribution in [0, 0.1) is 0 Å². The van der Waals surface area contributed by atoms with E-state index in [4.69, 9.17) is 4.42 Å². The van der Waals surface area contributed by atoms with Crippen LogP contribution < -0.4 is 15.1 Å². The summed E-state index contributed by atoms with van der Waals surface area (Å²) in [5, 5.41) is 2.92. The third-order valence-corrected chi connectivity index (χ3v) is 7.99. The van der Waals surface area contributed by atoms with Crippen molar-refractivity contribution in [2.75, 3.05) is 37.0 Å². The molecule has 2 aromatic rings. The van der Waals surface area contributed by atoms with Gasteiger partial charge in [-0.15, -0.1) is 0 Å². The molecular weight excluding hydrogens is 444 g/mol. The average molecular weight is 475 g/mol. The Kier molecular flexibility index (Phi) is 6.49. The normalized spacial score (nSPS) is 19.3. The van der Waals surface area contributed by atoms with Crippen molar-refractivity contribution in [2.45, 2.75) is 49.6 Å². The zero-order valence-corrected chi connectivity index (χ0v) is 20.0. The van der Waals surface area contributed by atoms with Crippen LogP contribution in [0.3, 0.4) is 0 Å². The molecule has 0 spiro atoms. The van der Waals surface area contributed by atoms with E-state index in [0.29, 0.717) is 18.5 Å². The summed E-state index contributed by atoms with van der Waals surface area (Å²) in [6.07, 6.45) is 4.73. The second-order valence-corrected chi connectivity index (χ2v) is 11.0. The quantitative estimate of drug-likeness (QED) is 0.658. The van der Waals surface area contributed by atoms with Crippen LogP contribution in [0.4, 0.5) is 11.4 Å². The molecule has 2 aliphatic heterocycles. The summed E-state index contributed by atoms with van der Waals surface area (Å²) in [7, 11) is -0.762. The van der Waals surface area contributed by atoms with Crippen LogP contribution in [0.25, 0.3) is 0 Å². The van der Waals surface area contributed by atoms with Crippen LogP contribution in [0.15, 0.2) is 45.9 Å². The fraction of sp³-hybridized carbons (Fsp3) is 0.478. The minimum absolute atomic E-state index is 0.0890. The summed E-state index contributed by atoms with van der Waals surface area (Å²) in [5.41, 5.74) is 1.24. The van der Waals surface area contributed by atoms with Gasteiger partial charge in [-0.3, -0.25) is 14.5 Å². The third-order valence-electron chi connectivity index (χ3n) is 6.18. The molecule has 0 saturated carbocycles. The van der Waals surface area contributed by atoms with Gasteiger partial charge < -0.3 is 14.6 Å². The molecule has 1 aromatic carbocycles. The zero-order valence-electron chi connectivity index (χ0n) is 19.2. The molecule has 2 aliphatic rings. The number of amides is 2. The molecule has 1 aromatic heterocycles. The lowest BCUT2D eigenvalue weighted by molar-refractivity contribution is -0.125. The SMILES string of the molecule is C[C@H](Cc1ccco1)NC(=O)CN1C(=O)[C@H]2CCCCN2c2ccc(S(=O)(=O)N(C)C)cc21. The van der Waals surface area contributed by atoms with Gasteiger partial charge in [0.1, 0.15) is 18.3 Å². The summed E-state index contributed by atoms with van der Waals surface area (Å²) in [6.45, 7) is 2.42. The molecule has 1 fully saturated rings. The summed E-state index contributed by atoms with van der Waals surface area (Å²) in [4.78, 5) is 29.9. The van der Waals surface area contributed by atoms with Gasteiger partial charge in [-0.25, -0.2) is 12.7 Å². The van der Waals surface area contributed by atoms with Crippen LogP contribution in [0.2, 0.25) is 0 Å². The largest absolute Gasteiger partial charge is 0.469 e. The Balaban J connectivity index is 1.62. The molecule has 1 N–H and O–H groups in total. The number of carbonyl (C=O) groups excluding carboxylic acids is 2. The smallest absolute Gasteiger partial charge is 0.250 e. The molecule has 2 atom stereocenters. The topological polar surface area (TPSA) is 103 Å². The van der Waals surface area contributed by atoms with Gasteiger partial charge in [0.25, 0.3) is 0 Å². The minimum Gasteiger partial charge on any atom is -0.469 e. The van der Waals surface area contributed by atoms with E-state index in [-0.39, 0.29) is 35.3 Å². The summed E-state index contributed by atoms with van der Waals surface area (Å²) in [6, 6.07) is 7.94. The predicted octanol–water partition coefficient (Wildman–Crippen LogP) is 1.98. The lowest BCUT2D eigenvalue weighted by atomic mass is 9.96. The Morgan fingerprint density at radius 3 is 2.73 bits per heavy atom. The van der Waals surface area contributed by atoms with E-state index in [1.54, 1.807) is 24.5 Å². The van der Waals surface area contributed by atoms with Gasteiger partial charge in [-0.05, 0) is 56.5 Å². The van der Waals surface area contributed by atoms with Crippen molar-refractivity contribution in [2.24, 2.45) is 0 Å². The van der Waals surface area contributed by atoms with Gasteiger partial charge in [0.05, 0.1) is 22.5 Å². The molecule has 0 aliphatic carbocycles. The monoisotopic (exact) mass is 474 g/mol. The van der Waals surface area contributed by atoms with Gasteiger partial charge in [0.2, 0.25) is 21.8 Å². The van der Waals surface area contributed by atoms with Crippen molar-refractivity contribution in [3.05, 3.63) is 42.4 Å². The molecule has 0 radical (unpaired) electrons. The summed E-state index contributed by atoms with van der Waals surface area (Å²) < 4.78 is 31.9. The second kappa shape index (κ2) is 9.18. The van der Waals surface area contributed by atoms with E-state index in [9.17, 15) is 18.0 Å². The first kappa shape index (κ1) is 23.3. The third kappa shape index (κ3) is 4.63. The molecule has 2 amide bonds. The molecule has 9 nitrogen and oxygen atoms in total. The highest BCUT2D eigenvalue weighted by molar-refractivity contribution is 7.89. The van der Waals surface area contributed by atoms with E-state index >= 15 is 0 Å². The molecule has 4 rings (SSSR count). The number of furan rings is 1. The van der Waals surface area contributed by atoms with E-state index in [1.807, 2.05) is 17.9 Å². The molecule has 3 heterocycles. The number of carbonyl (C=O) groups is 2. The summed E-state index contributed by atoms with van der Waals surface area (Å²) in [5.74, 6) is 0.285. The van der Waals surface area contributed by atoms with Crippen molar-refractivity contribution >= 4 is 33.2 Å². The highest BCUT2D eigenvalue weighted by Crippen LogP contribution is 2.40. The van der Waals surface area contributed by atoms with E-state index < -0.39 is 10.0 Å². The lowest BCUT2D eigenvalue weighted by Crippen LogP contribution is -2.57. The van der Waals surface area contributed by atoms with Gasteiger partial charge in [0, 0.05) is 33.1 Å². The first-order chi connectivity index (χ1) is 15.7. The van der Waals surface area contributed by atoms with Crippen LogP contribution in [0.5, 0.6) is 0 Å². The standard InChI is InChI=1S/C23H30N4O5S/c1-16(13-17-7-6-12-32-17)24-22(28)15-27-21-14-18(33(30,31)25(2)3)9-10-19(21)26-11-5-4-8-20(26)23(27)29/h6-7,9-10,12,14,16,20H,4-5,8,11,13,15H2,1-3H3,(H,24,28)/t16-,20-/m1/s1. The number of nitrogens with one attached hydrogen (secondary N) is 1. The van der Waals surface area contributed by atoms with Crippen molar-refractivity contribution in [3.63, 3.8) is 0 Å². The summed E-state index contributed by atoms with van der Waals surface area (Å²) >= 11 is 0. The van der Waals surface area contributed by atoms with Gasteiger partial charge in [0.15, 0.2) is 0 Å². The number of sulfonamides is 1. The number of anilines is 2. The minimum atomic E-state index is -3.69. The number of benzene rings is 1. The number of fused-ring (bicyclic) bond motifs is 3. The first-order valence-electron chi connectivity index (χ1n) is 11.1. The van der Waals surface area contributed by atoms with E-state index in [0.717, 1.165) is 35.1 Å². The molecular formula is C23H30N4O5S. The van der Waals surface area contributed by atoms with Gasteiger partial charge in [-0.1, -0.05) is 0 Å². The predicted molar refractivity (Wildman–Crippen MR) is 125 cm³/mol. The van der Waals surface area contributed by atoms with Crippen molar-refractivity contribution < 1.29 is 22.4 Å². The molecule has 10 heteroatoms. The van der Waals surface area contributed by atoms with Crippen molar-refractivity contribution in [1.29, 1.82) is 0 Å².